The Balaban J connectivity index is 0.885. The largest absolute Gasteiger partial charge is 0.501 e. The molecule has 0 radical (unpaired) electrons. The summed E-state index contributed by atoms with van der Waals surface area (Å²) >= 11 is 1.46. The maximum Gasteiger partial charge on any atom is 0.501 e. The molecular formula is C55H75F5N6O6S3. The number of benzene rings is 3. The van der Waals surface area contributed by atoms with Crippen LogP contribution in [0.15, 0.2) is 98.6 Å². The molecule has 0 spiro atoms. The number of carbonyl (C=O) groups excluding carboxylic acids is 1. The van der Waals surface area contributed by atoms with E-state index < -0.39 is 64.6 Å². The van der Waals surface area contributed by atoms with Crippen LogP contribution in [0.4, 0.5) is 33.3 Å². The third kappa shape index (κ3) is 13.9. The van der Waals surface area contributed by atoms with Gasteiger partial charge in [0, 0.05) is 105 Å². The van der Waals surface area contributed by atoms with Crippen molar-refractivity contribution >= 4 is 48.9 Å². The molecule has 20 heteroatoms. The van der Waals surface area contributed by atoms with Crippen molar-refractivity contribution in [3.8, 4) is 0 Å². The molecule has 3 aromatic carbocycles. The molecule has 2 bridgehead atoms. The fraction of sp³-hybridized carbons (Fsp3) is 0.618. The SMILES string of the molecule is CC1(C)CCC(CN2CCN(c3ccc(C(=O)NS(=O)(=O)c4ccc(NC(CCN5CCN(CCCCCCCCO)CC5)CSc5ccccc5)c(S(=O)(=O)C(F)(F)F)c4)cc3)CC2)=C(C23CC(C(F)F)(C2)C3)C1. The smallest absolute Gasteiger partial charge is 0.396 e. The molecular weight excluding hydrogens is 1030 g/mol. The van der Waals surface area contributed by atoms with Crippen molar-refractivity contribution in [3.63, 3.8) is 0 Å². The van der Waals surface area contributed by atoms with E-state index in [1.165, 1.54) is 35.0 Å². The Bertz CT molecular complexity index is 2660. The number of aliphatic hydroxyl groups excluding tert-OH is 1. The summed E-state index contributed by atoms with van der Waals surface area (Å²) in [6.07, 6.45) is 9.39. The van der Waals surface area contributed by atoms with Gasteiger partial charge in [-0.15, -0.1) is 11.8 Å². The van der Waals surface area contributed by atoms with E-state index in [0.29, 0.717) is 57.1 Å². The van der Waals surface area contributed by atoms with Gasteiger partial charge in [0.05, 0.1) is 10.6 Å². The van der Waals surface area contributed by atoms with Gasteiger partial charge >= 0.3 is 5.51 Å². The average Bonchev–Trinajstić information content (AvgIpc) is 3.36. The average molecular weight is 1110 g/mol. The maximum absolute atomic E-state index is 14.4. The molecule has 12 nitrogen and oxygen atoms in total. The summed E-state index contributed by atoms with van der Waals surface area (Å²) in [5.41, 5.74) is -3.20. The number of piperazine rings is 2. The number of hydrogen-bond donors (Lipinski definition) is 3. The van der Waals surface area contributed by atoms with Crippen molar-refractivity contribution in [2.24, 2.45) is 16.2 Å². The summed E-state index contributed by atoms with van der Waals surface area (Å²) in [7, 11) is -11.0. The van der Waals surface area contributed by atoms with Crippen LogP contribution >= 0.6 is 11.8 Å². The predicted octanol–water partition coefficient (Wildman–Crippen LogP) is 10.1. The van der Waals surface area contributed by atoms with Gasteiger partial charge < -0.3 is 25.1 Å². The van der Waals surface area contributed by atoms with Gasteiger partial charge in [0.15, 0.2) is 0 Å². The number of amides is 1. The van der Waals surface area contributed by atoms with E-state index in [0.717, 1.165) is 133 Å². The second-order valence-corrected chi connectivity index (χ2v) is 27.2. The zero-order valence-electron chi connectivity index (χ0n) is 43.4. The molecule has 6 aliphatic rings. The zero-order chi connectivity index (χ0) is 53.7. The lowest BCUT2D eigenvalue weighted by atomic mass is 9.32. The number of sulfonamides is 1. The van der Waals surface area contributed by atoms with E-state index in [1.54, 1.807) is 12.1 Å². The molecule has 2 saturated heterocycles. The number of hydrogen-bond acceptors (Lipinski definition) is 12. The highest BCUT2D eigenvalue weighted by molar-refractivity contribution is 7.99. The van der Waals surface area contributed by atoms with Crippen molar-refractivity contribution < 1.29 is 48.7 Å². The first-order valence-electron chi connectivity index (χ1n) is 26.7. The van der Waals surface area contributed by atoms with Gasteiger partial charge in [-0.05, 0) is 130 Å². The number of anilines is 2. The summed E-state index contributed by atoms with van der Waals surface area (Å²) in [5.74, 6) is -0.673. The number of nitrogens with zero attached hydrogens (tertiary/aromatic N) is 4. The highest BCUT2D eigenvalue weighted by Gasteiger charge is 2.73. The molecule has 0 aromatic heterocycles. The fourth-order valence-electron chi connectivity index (χ4n) is 12.0. The Morgan fingerprint density at radius 1 is 0.773 bits per heavy atom. The quantitative estimate of drug-likeness (QED) is 0.0322. The first-order valence-corrected chi connectivity index (χ1v) is 30.7. The molecule has 2 heterocycles. The van der Waals surface area contributed by atoms with Gasteiger partial charge in [-0.1, -0.05) is 68.9 Å². The minimum absolute atomic E-state index is 0.0225. The van der Waals surface area contributed by atoms with Crippen molar-refractivity contribution in [1.29, 1.82) is 0 Å². The highest BCUT2D eigenvalue weighted by Crippen LogP contribution is 2.79. The number of halogens is 5. The molecule has 1 unspecified atom stereocenters. The number of alkyl halides is 5. The Morgan fingerprint density at radius 3 is 2.01 bits per heavy atom. The lowest BCUT2D eigenvalue weighted by molar-refractivity contribution is -0.250. The summed E-state index contributed by atoms with van der Waals surface area (Å²) in [4.78, 5) is 21.6. The number of sulfone groups is 1. The summed E-state index contributed by atoms with van der Waals surface area (Å²) < 4.78 is 126. The van der Waals surface area contributed by atoms with Crippen LogP contribution in [0.3, 0.4) is 0 Å². The van der Waals surface area contributed by atoms with Gasteiger partial charge in [-0.3, -0.25) is 9.69 Å². The van der Waals surface area contributed by atoms with Crippen molar-refractivity contribution in [2.75, 3.05) is 94.6 Å². The van der Waals surface area contributed by atoms with Crippen LogP contribution in [0.5, 0.6) is 0 Å². The first-order chi connectivity index (χ1) is 35.6. The molecule has 3 saturated carbocycles. The van der Waals surface area contributed by atoms with E-state index in [4.69, 9.17) is 5.11 Å². The molecule has 4 aliphatic carbocycles. The van der Waals surface area contributed by atoms with Crippen LogP contribution in [0.25, 0.3) is 0 Å². The number of thioether (sulfide) groups is 1. The Kier molecular flexibility index (Phi) is 18.4. The molecule has 3 aromatic rings. The number of aliphatic hydroxyl groups is 1. The Morgan fingerprint density at radius 2 is 1.39 bits per heavy atom. The third-order valence-electron chi connectivity index (χ3n) is 16.4. The first kappa shape index (κ1) is 57.4. The van der Waals surface area contributed by atoms with Crippen LogP contribution in [0.2, 0.25) is 0 Å². The molecule has 1 amide bonds. The minimum atomic E-state index is -6.09. The Labute approximate surface area is 445 Å². The van der Waals surface area contributed by atoms with Gasteiger partial charge in [0.25, 0.3) is 25.8 Å². The molecule has 414 valence electrons. The third-order valence-corrected chi connectivity index (χ3v) is 20.5. The monoisotopic (exact) mass is 1110 g/mol. The molecule has 1 atom stereocenters. The Hall–Kier alpha value is -3.79. The minimum Gasteiger partial charge on any atom is -0.396 e. The van der Waals surface area contributed by atoms with Gasteiger partial charge in [0.2, 0.25) is 6.43 Å². The number of carbonyl (C=O) groups is 1. The lowest BCUT2D eigenvalue weighted by Crippen LogP contribution is -2.66. The maximum atomic E-state index is 14.4. The van der Waals surface area contributed by atoms with Crippen LogP contribution in [0, 0.1) is 16.2 Å². The highest BCUT2D eigenvalue weighted by atomic mass is 32.2. The van der Waals surface area contributed by atoms with E-state index in [2.05, 4.69) is 38.8 Å². The van der Waals surface area contributed by atoms with Gasteiger partial charge in [-0.25, -0.2) is 30.3 Å². The lowest BCUT2D eigenvalue weighted by Gasteiger charge is -2.72. The van der Waals surface area contributed by atoms with E-state index in [1.807, 2.05) is 35.1 Å². The van der Waals surface area contributed by atoms with Crippen molar-refractivity contribution in [3.05, 3.63) is 89.5 Å². The number of rotatable bonds is 25. The van der Waals surface area contributed by atoms with E-state index in [-0.39, 0.29) is 23.0 Å². The normalized spacial score (nSPS) is 23.2. The standard InChI is InChI=1S/C55H75F5N6O6S3/c1-52(2)22-20-42(47(35-52)53-38-54(39-53,40-53)51(56)57)36-65-29-31-66(32-30-65)44-16-14-41(15-17-44)50(68)62-75(71,72)46-18-19-48(49(34-46)74(69,70)55(58,59)60)61-43(37-73-45-12-8-7-9-13-45)21-24-64-27-25-63(26-28-64)23-10-5-3-4-6-11-33-67/h7-9,12-19,34,43,51,61,67H,3-6,10-11,20-33,35-40H2,1-2H3,(H,62,68). The summed E-state index contributed by atoms with van der Waals surface area (Å²) in [6, 6.07) is 17.7. The summed E-state index contributed by atoms with van der Waals surface area (Å²) in [6.45, 7) is 13.5. The van der Waals surface area contributed by atoms with E-state index >= 15 is 0 Å². The predicted molar refractivity (Wildman–Crippen MR) is 286 cm³/mol. The molecule has 3 N–H and O–H groups in total. The van der Waals surface area contributed by atoms with Crippen LogP contribution < -0.4 is 14.9 Å². The number of allylic oxidation sites excluding steroid dienone is 1. The van der Waals surface area contributed by atoms with Crippen LogP contribution in [0.1, 0.15) is 108 Å². The van der Waals surface area contributed by atoms with E-state index in [9.17, 15) is 43.6 Å². The fourth-order valence-corrected chi connectivity index (χ4v) is 15.0. The van der Waals surface area contributed by atoms with Crippen molar-refractivity contribution in [2.45, 2.75) is 130 Å². The topological polar surface area (TPSA) is 143 Å². The molecule has 9 rings (SSSR count). The van der Waals surface area contributed by atoms with Gasteiger partial charge in [0.1, 0.15) is 4.90 Å². The van der Waals surface area contributed by atoms with Crippen molar-refractivity contribution in [1.82, 2.24) is 19.4 Å². The molecule has 5 fully saturated rings. The second kappa shape index (κ2) is 24.1. The van der Waals surface area contributed by atoms with Gasteiger partial charge in [-0.2, -0.15) is 13.2 Å². The van der Waals surface area contributed by atoms with Crippen LogP contribution in [-0.4, -0.2) is 145 Å². The van der Waals surface area contributed by atoms with Crippen LogP contribution in [-0.2, 0) is 19.9 Å². The zero-order valence-corrected chi connectivity index (χ0v) is 45.8. The summed E-state index contributed by atoms with van der Waals surface area (Å²) in [5, 5.41) is 12.0. The number of nitrogens with one attached hydrogen (secondary N) is 2. The molecule has 75 heavy (non-hydrogen) atoms. The molecule has 2 aliphatic heterocycles. The number of unbranched alkanes of at least 4 members (excludes halogenated alkanes) is 5. The second-order valence-electron chi connectivity index (χ2n) is 22.5.